The van der Waals surface area contributed by atoms with Gasteiger partial charge in [-0.15, -0.1) is 0 Å². The van der Waals surface area contributed by atoms with Crippen LogP contribution >= 0.6 is 0 Å². The zero-order chi connectivity index (χ0) is 15.4. The summed E-state index contributed by atoms with van der Waals surface area (Å²) < 4.78 is 5.57. The van der Waals surface area contributed by atoms with Crippen molar-refractivity contribution in [1.29, 1.82) is 0 Å². The molecule has 114 valence electrons. The molecule has 1 heterocycles. The van der Waals surface area contributed by atoms with Gasteiger partial charge in [0.1, 0.15) is 11.6 Å². The highest BCUT2D eigenvalue weighted by atomic mass is 16.5. The van der Waals surface area contributed by atoms with Crippen LogP contribution in [0.4, 0.5) is 17.2 Å². The van der Waals surface area contributed by atoms with Crippen molar-refractivity contribution < 1.29 is 9.53 Å². The third kappa shape index (κ3) is 3.55. The molecule has 0 unspecified atom stereocenters. The number of hydrogen-bond acceptors (Lipinski definition) is 4. The number of amides is 1. The molecule has 2 aromatic rings. The number of anilines is 3. The van der Waals surface area contributed by atoms with Crippen molar-refractivity contribution in [3.8, 4) is 5.75 Å². The van der Waals surface area contributed by atoms with Crippen molar-refractivity contribution >= 4 is 23.1 Å². The van der Waals surface area contributed by atoms with Gasteiger partial charge in [0, 0.05) is 5.92 Å². The smallest absolute Gasteiger partial charge is 0.227 e. The van der Waals surface area contributed by atoms with Crippen LogP contribution in [0, 0.1) is 5.92 Å². The highest BCUT2D eigenvalue weighted by Gasteiger charge is 2.29. The summed E-state index contributed by atoms with van der Waals surface area (Å²) in [6.07, 6.45) is 3.64. The molecule has 1 aliphatic carbocycles. The van der Waals surface area contributed by atoms with Crippen molar-refractivity contribution in [2.45, 2.75) is 19.8 Å². The van der Waals surface area contributed by atoms with Crippen molar-refractivity contribution in [1.82, 2.24) is 4.98 Å². The van der Waals surface area contributed by atoms with Crippen LogP contribution in [0.2, 0.25) is 0 Å². The average molecular weight is 297 g/mol. The second-order valence-corrected chi connectivity index (χ2v) is 5.25. The first kappa shape index (κ1) is 14.4. The molecular weight excluding hydrogens is 278 g/mol. The van der Waals surface area contributed by atoms with Gasteiger partial charge in [0.15, 0.2) is 0 Å². The number of rotatable bonds is 6. The minimum Gasteiger partial charge on any atom is -0.492 e. The van der Waals surface area contributed by atoms with Crippen LogP contribution in [-0.2, 0) is 4.79 Å². The molecule has 2 N–H and O–H groups in total. The monoisotopic (exact) mass is 297 g/mol. The number of aromatic nitrogens is 1. The van der Waals surface area contributed by atoms with Crippen molar-refractivity contribution in [2.75, 3.05) is 17.2 Å². The maximum absolute atomic E-state index is 11.7. The molecule has 1 saturated carbocycles. The van der Waals surface area contributed by atoms with Crippen LogP contribution in [0.15, 0.2) is 42.6 Å². The molecule has 0 spiro atoms. The second kappa shape index (κ2) is 6.47. The fourth-order valence-corrected chi connectivity index (χ4v) is 2.12. The van der Waals surface area contributed by atoms with Gasteiger partial charge < -0.3 is 15.4 Å². The lowest BCUT2D eigenvalue weighted by Crippen LogP contribution is -2.13. The fourth-order valence-electron chi connectivity index (χ4n) is 2.12. The molecule has 1 aromatic heterocycles. The predicted octanol–water partition coefficient (Wildman–Crippen LogP) is 3.57. The molecule has 1 amide bonds. The third-order valence-corrected chi connectivity index (χ3v) is 3.43. The van der Waals surface area contributed by atoms with Gasteiger partial charge in [-0.25, -0.2) is 4.98 Å². The van der Waals surface area contributed by atoms with E-state index in [9.17, 15) is 4.79 Å². The first-order valence-corrected chi connectivity index (χ1v) is 7.52. The van der Waals surface area contributed by atoms with Crippen LogP contribution < -0.4 is 15.4 Å². The molecule has 1 fully saturated rings. The van der Waals surface area contributed by atoms with Gasteiger partial charge >= 0.3 is 0 Å². The topological polar surface area (TPSA) is 63.2 Å². The van der Waals surface area contributed by atoms with Crippen LogP contribution in [-0.4, -0.2) is 17.5 Å². The quantitative estimate of drug-likeness (QED) is 0.855. The highest BCUT2D eigenvalue weighted by Crippen LogP contribution is 2.30. The summed E-state index contributed by atoms with van der Waals surface area (Å²) in [5.74, 6) is 1.77. The molecule has 0 radical (unpaired) electrons. The number of benzene rings is 1. The van der Waals surface area contributed by atoms with Gasteiger partial charge in [-0.1, -0.05) is 12.1 Å². The molecular formula is C17H19N3O2. The Morgan fingerprint density at radius 1 is 1.27 bits per heavy atom. The van der Waals surface area contributed by atoms with E-state index in [1.807, 2.05) is 43.3 Å². The van der Waals surface area contributed by atoms with E-state index < -0.39 is 0 Å². The Labute approximate surface area is 129 Å². The molecule has 1 aromatic carbocycles. The van der Waals surface area contributed by atoms with E-state index in [4.69, 9.17) is 4.74 Å². The Balaban J connectivity index is 1.66. The number of nitrogens with zero attached hydrogens (tertiary/aromatic N) is 1. The van der Waals surface area contributed by atoms with Crippen molar-refractivity contribution in [3.63, 3.8) is 0 Å². The minimum absolute atomic E-state index is 0.0872. The fraction of sp³-hybridized carbons (Fsp3) is 0.294. The van der Waals surface area contributed by atoms with E-state index in [0.29, 0.717) is 12.4 Å². The molecule has 1 aliphatic rings. The highest BCUT2D eigenvalue weighted by molar-refractivity contribution is 5.93. The lowest BCUT2D eigenvalue weighted by molar-refractivity contribution is -0.117. The first-order chi connectivity index (χ1) is 10.8. The van der Waals surface area contributed by atoms with E-state index >= 15 is 0 Å². The molecule has 0 aliphatic heterocycles. The number of ether oxygens (including phenoxy) is 1. The zero-order valence-electron chi connectivity index (χ0n) is 12.5. The normalized spacial score (nSPS) is 13.5. The molecule has 5 heteroatoms. The number of pyridine rings is 1. The molecule has 0 atom stereocenters. The van der Waals surface area contributed by atoms with Gasteiger partial charge in [0.05, 0.1) is 24.2 Å². The lowest BCUT2D eigenvalue weighted by Gasteiger charge is -2.12. The number of nitrogens with one attached hydrogen (secondary N) is 2. The summed E-state index contributed by atoms with van der Waals surface area (Å²) in [7, 11) is 0. The van der Waals surface area contributed by atoms with E-state index in [1.165, 1.54) is 0 Å². The van der Waals surface area contributed by atoms with Gasteiger partial charge in [-0.05, 0) is 44.0 Å². The average Bonchev–Trinajstić information content (AvgIpc) is 3.36. The zero-order valence-corrected chi connectivity index (χ0v) is 12.5. The van der Waals surface area contributed by atoms with Crippen LogP contribution in [0.1, 0.15) is 19.8 Å². The standard InChI is InChI=1S/C17H19N3O2/c1-2-22-15-6-4-3-5-14(15)20-16-10-9-13(11-18-16)19-17(21)12-7-8-12/h3-6,9-12H,2,7-8H2,1H3,(H,18,20)(H,19,21). The van der Waals surface area contributed by atoms with Crippen molar-refractivity contribution in [3.05, 3.63) is 42.6 Å². The summed E-state index contributed by atoms with van der Waals surface area (Å²) in [6.45, 7) is 2.56. The molecule has 0 bridgehead atoms. The van der Waals surface area contributed by atoms with Gasteiger partial charge in [0.2, 0.25) is 5.91 Å². The third-order valence-electron chi connectivity index (χ3n) is 3.43. The summed E-state index contributed by atoms with van der Waals surface area (Å²) in [4.78, 5) is 16.0. The Kier molecular flexibility index (Phi) is 4.23. The Morgan fingerprint density at radius 2 is 2.09 bits per heavy atom. The van der Waals surface area contributed by atoms with Gasteiger partial charge in [0.25, 0.3) is 0 Å². The van der Waals surface area contributed by atoms with E-state index in [1.54, 1.807) is 6.20 Å². The molecule has 5 nitrogen and oxygen atoms in total. The van der Waals surface area contributed by atoms with Crippen molar-refractivity contribution in [2.24, 2.45) is 5.92 Å². The largest absolute Gasteiger partial charge is 0.492 e. The van der Waals surface area contributed by atoms with Gasteiger partial charge in [-0.2, -0.15) is 0 Å². The SMILES string of the molecule is CCOc1ccccc1Nc1ccc(NC(=O)C2CC2)cn1. The lowest BCUT2D eigenvalue weighted by atomic mass is 10.3. The molecule has 3 rings (SSSR count). The van der Waals surface area contributed by atoms with Crippen LogP contribution in [0.5, 0.6) is 5.75 Å². The maximum atomic E-state index is 11.7. The minimum atomic E-state index is 0.0872. The summed E-state index contributed by atoms with van der Waals surface area (Å²) in [6, 6.07) is 11.4. The summed E-state index contributed by atoms with van der Waals surface area (Å²) in [5, 5.41) is 6.10. The molecule has 22 heavy (non-hydrogen) atoms. The van der Waals surface area contributed by atoms with E-state index in [0.717, 1.165) is 30.0 Å². The van der Waals surface area contributed by atoms with E-state index in [-0.39, 0.29) is 11.8 Å². The Bertz CT molecular complexity index is 651. The Morgan fingerprint density at radius 3 is 2.77 bits per heavy atom. The number of para-hydroxylation sites is 2. The maximum Gasteiger partial charge on any atom is 0.227 e. The number of hydrogen-bond donors (Lipinski definition) is 2. The number of carbonyl (C=O) groups is 1. The summed E-state index contributed by atoms with van der Waals surface area (Å²) >= 11 is 0. The predicted molar refractivity (Wildman–Crippen MR) is 86.5 cm³/mol. The number of carbonyl (C=O) groups excluding carboxylic acids is 1. The van der Waals surface area contributed by atoms with Crippen LogP contribution in [0.3, 0.4) is 0 Å². The van der Waals surface area contributed by atoms with Crippen LogP contribution in [0.25, 0.3) is 0 Å². The summed E-state index contributed by atoms with van der Waals surface area (Å²) in [5.41, 5.74) is 1.59. The van der Waals surface area contributed by atoms with E-state index in [2.05, 4.69) is 15.6 Å². The van der Waals surface area contributed by atoms with Gasteiger partial charge in [-0.3, -0.25) is 4.79 Å². The molecule has 0 saturated heterocycles. The Hall–Kier alpha value is -2.56. The second-order valence-electron chi connectivity index (χ2n) is 5.25. The first-order valence-electron chi connectivity index (χ1n) is 7.52.